The molecule has 0 aliphatic heterocycles. The van der Waals surface area contributed by atoms with Crippen molar-refractivity contribution >= 4 is 46.1 Å². The lowest BCUT2D eigenvalue weighted by atomic mass is 10.0. The van der Waals surface area contributed by atoms with Crippen molar-refractivity contribution in [3.8, 4) is 22.6 Å². The number of fused-ring (bicyclic) bond motifs is 2. The number of benzene rings is 2. The number of hydrogen-bond donors (Lipinski definition) is 3. The Kier molecular flexibility index (Phi) is 5.58. The average Bonchev–Trinajstić information content (AvgIpc) is 3.48. The zero-order valence-corrected chi connectivity index (χ0v) is 19.4. The predicted octanol–water partition coefficient (Wildman–Crippen LogP) is 5.08. The highest BCUT2D eigenvalue weighted by Gasteiger charge is 2.54. The number of rotatable bonds is 6. The lowest BCUT2D eigenvalue weighted by molar-refractivity contribution is 0.188. The second-order valence-electron chi connectivity index (χ2n) is 8.37. The average molecular weight is 489 g/mol. The Morgan fingerprint density at radius 3 is 2.52 bits per heavy atom. The molecule has 8 nitrogen and oxygen atoms in total. The summed E-state index contributed by atoms with van der Waals surface area (Å²) in [6.07, 6.45) is 2.67. The van der Waals surface area contributed by atoms with Gasteiger partial charge in [-0.25, -0.2) is 14.8 Å². The number of methoxy groups -OCH3 is 2. The van der Waals surface area contributed by atoms with E-state index < -0.39 is 6.09 Å². The monoisotopic (exact) mass is 488 g/mol. The second kappa shape index (κ2) is 8.43. The summed E-state index contributed by atoms with van der Waals surface area (Å²) in [4.78, 5) is 20.2. The SMILES string of the molecule is COc1cc(OC)c(Cl)c(-c2ccc3nc(N[C@H]4[C@H]5C[C@@H]5C[C@@H]4NC(=O)O)ncc3c2)c1Cl. The summed E-state index contributed by atoms with van der Waals surface area (Å²) in [6, 6.07) is 7.16. The van der Waals surface area contributed by atoms with Crippen LogP contribution in [0.15, 0.2) is 30.5 Å². The first-order chi connectivity index (χ1) is 15.9. The van der Waals surface area contributed by atoms with Crippen LogP contribution in [-0.4, -0.2) is 47.5 Å². The number of aromatic nitrogens is 2. The molecule has 2 fully saturated rings. The summed E-state index contributed by atoms with van der Waals surface area (Å²) < 4.78 is 10.7. The van der Waals surface area contributed by atoms with Crippen molar-refractivity contribution in [2.75, 3.05) is 19.5 Å². The summed E-state index contributed by atoms with van der Waals surface area (Å²) in [7, 11) is 3.07. The van der Waals surface area contributed by atoms with Crippen LogP contribution in [0.1, 0.15) is 12.8 Å². The standard InChI is InChI=1S/C23H22Cl2N4O4/c1-32-16-8-17(33-2)20(25)18(19(16)24)10-3-4-14-12(5-10)9-26-22(27-14)29-21-13-6-11(13)7-15(21)28-23(30)31/h3-5,8-9,11,13,15,21,28H,6-7H2,1-2H3,(H,30,31)(H,26,27,29)/t11-,13+,15+,21+/m1/s1. The van der Waals surface area contributed by atoms with Crippen molar-refractivity contribution in [3.63, 3.8) is 0 Å². The molecule has 0 bridgehead atoms. The molecule has 0 unspecified atom stereocenters. The van der Waals surface area contributed by atoms with Crippen molar-refractivity contribution in [3.05, 3.63) is 40.5 Å². The molecule has 2 aliphatic rings. The molecule has 2 saturated carbocycles. The van der Waals surface area contributed by atoms with Gasteiger partial charge in [-0.2, -0.15) is 0 Å². The number of nitrogens with zero attached hydrogens (tertiary/aromatic N) is 2. The molecular weight excluding hydrogens is 467 g/mol. The number of hydrogen-bond acceptors (Lipinski definition) is 6. The second-order valence-corrected chi connectivity index (χ2v) is 9.13. The normalized spacial score (nSPS) is 23.2. The molecule has 172 valence electrons. The van der Waals surface area contributed by atoms with Crippen molar-refractivity contribution in [1.29, 1.82) is 0 Å². The molecule has 3 aromatic rings. The van der Waals surface area contributed by atoms with E-state index in [9.17, 15) is 4.79 Å². The third-order valence-corrected chi connectivity index (χ3v) is 7.23. The molecule has 4 atom stereocenters. The Balaban J connectivity index is 1.46. The summed E-state index contributed by atoms with van der Waals surface area (Å²) in [5.74, 6) is 2.42. The van der Waals surface area contributed by atoms with E-state index in [2.05, 4.69) is 20.6 Å². The molecule has 1 amide bonds. The molecule has 1 heterocycles. The number of anilines is 1. The van der Waals surface area contributed by atoms with E-state index in [0.29, 0.717) is 44.9 Å². The minimum Gasteiger partial charge on any atom is -0.495 e. The van der Waals surface area contributed by atoms with E-state index in [0.717, 1.165) is 29.3 Å². The van der Waals surface area contributed by atoms with Crippen molar-refractivity contribution in [2.45, 2.75) is 24.9 Å². The largest absolute Gasteiger partial charge is 0.495 e. The highest BCUT2D eigenvalue weighted by atomic mass is 35.5. The van der Waals surface area contributed by atoms with Gasteiger partial charge in [-0.15, -0.1) is 0 Å². The minimum atomic E-state index is -1.01. The smallest absolute Gasteiger partial charge is 0.404 e. The maximum Gasteiger partial charge on any atom is 0.404 e. The molecule has 0 spiro atoms. The number of halogens is 2. The Bertz CT molecular complexity index is 1230. The number of ether oxygens (including phenoxy) is 2. The van der Waals surface area contributed by atoms with E-state index in [4.69, 9.17) is 37.8 Å². The van der Waals surface area contributed by atoms with Crippen LogP contribution in [0.25, 0.3) is 22.0 Å². The maximum atomic E-state index is 11.1. The van der Waals surface area contributed by atoms with Crippen LogP contribution in [0.2, 0.25) is 10.0 Å². The van der Waals surface area contributed by atoms with Gasteiger partial charge < -0.3 is 25.2 Å². The van der Waals surface area contributed by atoms with Gasteiger partial charge in [0.25, 0.3) is 0 Å². The first kappa shape index (κ1) is 21.9. The molecule has 3 N–H and O–H groups in total. The van der Waals surface area contributed by atoms with Gasteiger partial charge in [0, 0.05) is 23.2 Å². The van der Waals surface area contributed by atoms with Crippen LogP contribution in [0, 0.1) is 11.8 Å². The Labute approximate surface area is 200 Å². The van der Waals surface area contributed by atoms with Crippen LogP contribution in [0.3, 0.4) is 0 Å². The molecule has 2 aromatic carbocycles. The van der Waals surface area contributed by atoms with E-state index in [-0.39, 0.29) is 12.1 Å². The molecule has 33 heavy (non-hydrogen) atoms. The summed E-state index contributed by atoms with van der Waals surface area (Å²) in [5.41, 5.74) is 2.12. The first-order valence-electron chi connectivity index (χ1n) is 10.5. The Morgan fingerprint density at radius 2 is 1.85 bits per heavy atom. The molecule has 0 radical (unpaired) electrons. The van der Waals surface area contributed by atoms with E-state index in [1.807, 2.05) is 18.2 Å². The fraction of sp³-hybridized carbons (Fsp3) is 0.348. The van der Waals surface area contributed by atoms with Gasteiger partial charge in [0.1, 0.15) is 11.5 Å². The Hall–Kier alpha value is -2.97. The number of carbonyl (C=O) groups is 1. The van der Waals surface area contributed by atoms with E-state index in [1.165, 1.54) is 14.2 Å². The van der Waals surface area contributed by atoms with Gasteiger partial charge in [0.05, 0.1) is 41.9 Å². The zero-order chi connectivity index (χ0) is 23.3. The summed E-state index contributed by atoms with van der Waals surface area (Å²) in [6.45, 7) is 0. The van der Waals surface area contributed by atoms with Gasteiger partial charge in [0.15, 0.2) is 0 Å². The topological polar surface area (TPSA) is 106 Å². The van der Waals surface area contributed by atoms with Gasteiger partial charge in [-0.05, 0) is 42.4 Å². The molecule has 5 rings (SSSR count). The fourth-order valence-electron chi connectivity index (χ4n) is 4.81. The summed E-state index contributed by atoms with van der Waals surface area (Å²) >= 11 is 13.1. The van der Waals surface area contributed by atoms with E-state index in [1.54, 1.807) is 12.3 Å². The highest BCUT2D eigenvalue weighted by molar-refractivity contribution is 6.41. The van der Waals surface area contributed by atoms with Gasteiger partial charge in [-0.3, -0.25) is 0 Å². The molecule has 10 heteroatoms. The number of carboxylic acid groups (broad SMARTS) is 1. The maximum absolute atomic E-state index is 11.1. The molecule has 0 saturated heterocycles. The lowest BCUT2D eigenvalue weighted by Gasteiger charge is -2.23. The number of nitrogens with one attached hydrogen (secondary N) is 2. The van der Waals surface area contributed by atoms with Gasteiger partial charge in [-0.1, -0.05) is 29.3 Å². The number of amides is 1. The quantitative estimate of drug-likeness (QED) is 0.444. The fourth-order valence-corrected chi connectivity index (χ4v) is 5.53. The van der Waals surface area contributed by atoms with Crippen LogP contribution in [0.5, 0.6) is 11.5 Å². The minimum absolute atomic E-state index is 0.00955. The Morgan fingerprint density at radius 1 is 1.12 bits per heavy atom. The van der Waals surface area contributed by atoms with Crippen molar-refractivity contribution < 1.29 is 19.4 Å². The van der Waals surface area contributed by atoms with Crippen LogP contribution >= 0.6 is 23.2 Å². The van der Waals surface area contributed by atoms with Crippen LogP contribution in [0.4, 0.5) is 10.7 Å². The van der Waals surface area contributed by atoms with Gasteiger partial charge >= 0.3 is 6.09 Å². The first-order valence-corrected chi connectivity index (χ1v) is 11.3. The predicted molar refractivity (Wildman–Crippen MR) is 127 cm³/mol. The van der Waals surface area contributed by atoms with Crippen LogP contribution < -0.4 is 20.1 Å². The van der Waals surface area contributed by atoms with Crippen LogP contribution in [-0.2, 0) is 0 Å². The third-order valence-electron chi connectivity index (χ3n) is 6.48. The lowest BCUT2D eigenvalue weighted by Crippen LogP contribution is -2.45. The third kappa shape index (κ3) is 3.98. The zero-order valence-electron chi connectivity index (χ0n) is 17.9. The molecular formula is C23H22Cl2N4O4. The van der Waals surface area contributed by atoms with Crippen molar-refractivity contribution in [1.82, 2.24) is 15.3 Å². The molecule has 2 aliphatic carbocycles. The van der Waals surface area contributed by atoms with Gasteiger partial charge in [0.2, 0.25) is 5.95 Å². The molecule has 1 aromatic heterocycles. The van der Waals surface area contributed by atoms with Crippen molar-refractivity contribution in [2.24, 2.45) is 11.8 Å². The summed E-state index contributed by atoms with van der Waals surface area (Å²) in [5, 5.41) is 16.7. The highest BCUT2D eigenvalue weighted by Crippen LogP contribution is 2.52. The van der Waals surface area contributed by atoms with E-state index >= 15 is 0 Å².